The number of aromatic nitrogens is 8. The highest BCUT2D eigenvalue weighted by Crippen LogP contribution is 2.27. The number of carbonyl (C=O) groups excluding carboxylic acids is 1. The molecule has 15 nitrogen and oxygen atoms in total. The second kappa shape index (κ2) is 11.9. The molecule has 1 amide bonds. The number of aromatic amines is 1. The highest BCUT2D eigenvalue weighted by molar-refractivity contribution is 5.90. The summed E-state index contributed by atoms with van der Waals surface area (Å²) in [6, 6.07) is 10.0. The number of hydrogen-bond acceptors (Lipinski definition) is 12. The number of piperidine rings is 1. The average Bonchev–Trinajstić information content (AvgIpc) is 3.45. The zero-order chi connectivity index (χ0) is 29.1. The first kappa shape index (κ1) is 27.2. The molecule has 0 saturated carbocycles. The number of rotatable bonds is 7. The minimum atomic E-state index is -0.384. The number of carbonyl (C=O) groups is 1. The van der Waals surface area contributed by atoms with E-state index < -0.39 is 0 Å². The second-order valence-electron chi connectivity index (χ2n) is 10.5. The SMILES string of the molecule is Cn1nnc(C2CCN(Cc3ccc(Nc4nc(N5CCN(C(=O)CC#N)CC5)nc5cn[nH]c(=O)c45)cc3)CC2)n1. The molecule has 0 radical (unpaired) electrons. The van der Waals surface area contributed by atoms with Crippen molar-refractivity contribution >= 4 is 34.3 Å². The smallest absolute Gasteiger partial charge is 0.277 e. The van der Waals surface area contributed by atoms with Gasteiger partial charge in [-0.05, 0) is 48.8 Å². The summed E-state index contributed by atoms with van der Waals surface area (Å²) >= 11 is 0. The molecule has 216 valence electrons. The molecule has 0 aliphatic carbocycles. The van der Waals surface area contributed by atoms with Crippen molar-refractivity contribution in [2.45, 2.75) is 31.7 Å². The highest BCUT2D eigenvalue weighted by atomic mass is 16.2. The van der Waals surface area contributed by atoms with Crippen molar-refractivity contribution in [3.05, 3.63) is 52.2 Å². The number of anilines is 3. The van der Waals surface area contributed by atoms with Gasteiger partial charge in [0.15, 0.2) is 5.82 Å². The number of aryl methyl sites for hydroxylation is 1. The van der Waals surface area contributed by atoms with Gasteiger partial charge in [-0.25, -0.2) is 10.1 Å². The molecule has 3 aromatic heterocycles. The van der Waals surface area contributed by atoms with Crippen molar-refractivity contribution < 1.29 is 4.79 Å². The van der Waals surface area contributed by atoms with Crippen LogP contribution in [0, 0.1) is 11.3 Å². The molecule has 1 aromatic carbocycles. The molecule has 0 spiro atoms. The quantitative estimate of drug-likeness (QED) is 0.322. The van der Waals surface area contributed by atoms with E-state index in [2.05, 4.69) is 52.9 Å². The Hall–Kier alpha value is -4.97. The molecule has 2 aliphatic heterocycles. The van der Waals surface area contributed by atoms with Crippen LogP contribution in [0.15, 0.2) is 35.3 Å². The van der Waals surface area contributed by atoms with Gasteiger partial charge in [0.1, 0.15) is 23.1 Å². The van der Waals surface area contributed by atoms with Crippen LogP contribution in [0.3, 0.4) is 0 Å². The Labute approximate surface area is 241 Å². The minimum absolute atomic E-state index is 0.131. The van der Waals surface area contributed by atoms with Gasteiger partial charge in [0.25, 0.3) is 5.56 Å². The van der Waals surface area contributed by atoms with E-state index in [1.165, 1.54) is 16.6 Å². The third-order valence-electron chi connectivity index (χ3n) is 7.75. The molecule has 2 saturated heterocycles. The molecule has 0 atom stereocenters. The van der Waals surface area contributed by atoms with Crippen molar-refractivity contribution in [3.63, 3.8) is 0 Å². The van der Waals surface area contributed by atoms with E-state index in [1.54, 1.807) is 11.9 Å². The molecule has 2 fully saturated rings. The fraction of sp³-hybridized carbons (Fsp3) is 0.444. The van der Waals surface area contributed by atoms with Crippen LogP contribution in [0.25, 0.3) is 10.9 Å². The maximum absolute atomic E-state index is 12.7. The van der Waals surface area contributed by atoms with E-state index in [0.29, 0.717) is 54.8 Å². The Morgan fingerprint density at radius 3 is 2.55 bits per heavy atom. The van der Waals surface area contributed by atoms with Crippen molar-refractivity contribution in [2.75, 3.05) is 49.5 Å². The predicted octanol–water partition coefficient (Wildman–Crippen LogP) is 0.922. The van der Waals surface area contributed by atoms with Gasteiger partial charge >= 0.3 is 0 Å². The average molecular weight is 570 g/mol. The molecule has 0 bridgehead atoms. The lowest BCUT2D eigenvalue weighted by Gasteiger charge is -2.34. The number of nitriles is 1. The third kappa shape index (κ3) is 5.88. The maximum atomic E-state index is 12.7. The van der Waals surface area contributed by atoms with Gasteiger partial charge in [0.2, 0.25) is 11.9 Å². The van der Waals surface area contributed by atoms with E-state index in [1.807, 2.05) is 23.1 Å². The van der Waals surface area contributed by atoms with Crippen LogP contribution >= 0.6 is 0 Å². The predicted molar refractivity (Wildman–Crippen MR) is 153 cm³/mol. The standard InChI is InChI=1S/C27H31N13O2/c1-37-35-24(33-36-37)19-7-10-38(11-8-19)17-18-2-4-20(5-3-18)30-25-23-21(16-29-34-26(23)42)31-27(32-25)40-14-12-39(13-15-40)22(41)6-9-28/h2-5,16,19H,6-8,10-15,17H2,1H3,(H,34,42)(H,30,31,32). The fourth-order valence-corrected chi connectivity index (χ4v) is 5.46. The van der Waals surface area contributed by atoms with E-state index >= 15 is 0 Å². The van der Waals surface area contributed by atoms with E-state index in [9.17, 15) is 9.59 Å². The Morgan fingerprint density at radius 1 is 1.10 bits per heavy atom. The number of hydrogen-bond donors (Lipinski definition) is 2. The van der Waals surface area contributed by atoms with Crippen molar-refractivity contribution in [2.24, 2.45) is 7.05 Å². The summed E-state index contributed by atoms with van der Waals surface area (Å²) in [5.74, 6) is 1.83. The number of fused-ring (bicyclic) bond motifs is 1. The zero-order valence-electron chi connectivity index (χ0n) is 23.3. The molecule has 2 aliphatic rings. The largest absolute Gasteiger partial charge is 0.339 e. The maximum Gasteiger partial charge on any atom is 0.277 e. The number of piperazine rings is 1. The van der Waals surface area contributed by atoms with Crippen molar-refractivity contribution in [1.82, 2.24) is 50.2 Å². The lowest BCUT2D eigenvalue weighted by atomic mass is 9.96. The van der Waals surface area contributed by atoms with Gasteiger partial charge in [-0.1, -0.05) is 12.1 Å². The first-order valence-electron chi connectivity index (χ1n) is 13.9. The second-order valence-corrected chi connectivity index (χ2v) is 10.5. The van der Waals surface area contributed by atoms with E-state index in [4.69, 9.17) is 10.2 Å². The first-order valence-corrected chi connectivity index (χ1v) is 13.9. The van der Waals surface area contributed by atoms with Crippen LogP contribution < -0.4 is 15.8 Å². The third-order valence-corrected chi connectivity index (χ3v) is 7.75. The molecule has 6 rings (SSSR count). The van der Waals surface area contributed by atoms with Crippen LogP contribution in [-0.2, 0) is 18.4 Å². The molecular weight excluding hydrogens is 538 g/mol. The number of amides is 1. The summed E-state index contributed by atoms with van der Waals surface area (Å²) < 4.78 is 0. The van der Waals surface area contributed by atoms with Crippen LogP contribution in [0.2, 0.25) is 0 Å². The van der Waals surface area contributed by atoms with Gasteiger partial charge in [-0.3, -0.25) is 14.5 Å². The molecular formula is C27H31N13O2. The van der Waals surface area contributed by atoms with Crippen LogP contribution in [0.1, 0.15) is 36.6 Å². The Kier molecular flexibility index (Phi) is 7.69. The van der Waals surface area contributed by atoms with Gasteiger partial charge in [-0.2, -0.15) is 20.1 Å². The van der Waals surface area contributed by atoms with Crippen molar-refractivity contribution in [1.29, 1.82) is 5.26 Å². The van der Waals surface area contributed by atoms with Gasteiger partial charge in [-0.15, -0.1) is 10.2 Å². The minimum Gasteiger partial charge on any atom is -0.339 e. The summed E-state index contributed by atoms with van der Waals surface area (Å²) in [6.45, 7) is 4.74. The molecule has 15 heteroatoms. The molecule has 5 heterocycles. The Balaban J connectivity index is 1.13. The van der Waals surface area contributed by atoms with Gasteiger partial charge in [0.05, 0.1) is 19.3 Å². The number of benzene rings is 1. The fourth-order valence-electron chi connectivity index (χ4n) is 5.46. The lowest BCUT2D eigenvalue weighted by molar-refractivity contribution is -0.130. The lowest BCUT2D eigenvalue weighted by Crippen LogP contribution is -2.49. The van der Waals surface area contributed by atoms with Crippen LogP contribution in [0.5, 0.6) is 0 Å². The number of nitrogens with one attached hydrogen (secondary N) is 2. The summed E-state index contributed by atoms with van der Waals surface area (Å²) in [5, 5.41) is 31.4. The molecule has 4 aromatic rings. The Morgan fingerprint density at radius 2 is 1.86 bits per heavy atom. The number of tetrazole rings is 1. The monoisotopic (exact) mass is 569 g/mol. The summed E-state index contributed by atoms with van der Waals surface area (Å²) in [6.07, 6.45) is 3.38. The molecule has 42 heavy (non-hydrogen) atoms. The van der Waals surface area contributed by atoms with E-state index in [-0.39, 0.29) is 17.9 Å². The van der Waals surface area contributed by atoms with Gasteiger partial charge < -0.3 is 15.1 Å². The van der Waals surface area contributed by atoms with E-state index in [0.717, 1.165) is 44.0 Å². The molecule has 0 unspecified atom stereocenters. The Bertz CT molecular complexity index is 1660. The summed E-state index contributed by atoms with van der Waals surface area (Å²) in [7, 11) is 1.79. The van der Waals surface area contributed by atoms with Crippen LogP contribution in [-0.4, -0.2) is 95.3 Å². The number of nitrogens with zero attached hydrogens (tertiary/aromatic N) is 11. The first-order chi connectivity index (χ1) is 20.5. The molecule has 2 N–H and O–H groups in total. The summed E-state index contributed by atoms with van der Waals surface area (Å²) in [4.78, 5) is 41.7. The van der Waals surface area contributed by atoms with Crippen molar-refractivity contribution in [3.8, 4) is 6.07 Å². The zero-order valence-corrected chi connectivity index (χ0v) is 23.3. The number of H-pyrrole nitrogens is 1. The van der Waals surface area contributed by atoms with Crippen LogP contribution in [0.4, 0.5) is 17.5 Å². The highest BCUT2D eigenvalue weighted by Gasteiger charge is 2.25. The topological polar surface area (TPSA) is 178 Å². The van der Waals surface area contributed by atoms with Gasteiger partial charge in [0, 0.05) is 44.3 Å². The summed E-state index contributed by atoms with van der Waals surface area (Å²) in [5.41, 5.74) is 2.02. The number of likely N-dealkylation sites (tertiary alicyclic amines) is 1. The normalized spacial score (nSPS) is 16.5.